The summed E-state index contributed by atoms with van der Waals surface area (Å²) in [4.78, 5) is 0.559. The van der Waals surface area contributed by atoms with E-state index in [1.807, 2.05) is 0 Å². The van der Waals surface area contributed by atoms with Gasteiger partial charge in [-0.3, -0.25) is 0 Å². The Hall–Kier alpha value is 1.54. The standard InChI is InChI=1S/C4H6Br2Cl2/c5-3(1-7)4(6)2-8/h3-4H,1-2H2/t3-,4-/m1/s1. The van der Waals surface area contributed by atoms with E-state index in [9.17, 15) is 0 Å². The maximum absolute atomic E-state index is 5.49. The van der Waals surface area contributed by atoms with Gasteiger partial charge in [-0.25, -0.2) is 0 Å². The van der Waals surface area contributed by atoms with Gasteiger partial charge in [0.25, 0.3) is 0 Å². The molecule has 0 aromatic heterocycles. The summed E-state index contributed by atoms with van der Waals surface area (Å²) in [5.74, 6) is 1.17. The van der Waals surface area contributed by atoms with Gasteiger partial charge in [0.15, 0.2) is 0 Å². The van der Waals surface area contributed by atoms with Crippen molar-refractivity contribution in [3.8, 4) is 0 Å². The van der Waals surface area contributed by atoms with Crippen LogP contribution in [0.1, 0.15) is 0 Å². The zero-order valence-electron chi connectivity index (χ0n) is 4.08. The van der Waals surface area contributed by atoms with Gasteiger partial charge in [-0.05, 0) is 0 Å². The molecule has 0 fully saturated rings. The molecule has 0 bridgehead atoms. The van der Waals surface area contributed by atoms with Gasteiger partial charge in [-0.15, -0.1) is 23.2 Å². The second kappa shape index (κ2) is 5.33. The van der Waals surface area contributed by atoms with Crippen molar-refractivity contribution in [2.45, 2.75) is 9.65 Å². The van der Waals surface area contributed by atoms with E-state index >= 15 is 0 Å². The lowest BCUT2D eigenvalue weighted by molar-refractivity contribution is 0.972. The summed E-state index contributed by atoms with van der Waals surface area (Å²) in [5.41, 5.74) is 0. The van der Waals surface area contributed by atoms with Gasteiger partial charge in [0.05, 0.1) is 0 Å². The van der Waals surface area contributed by atoms with Gasteiger partial charge in [0.2, 0.25) is 0 Å². The highest BCUT2D eigenvalue weighted by atomic mass is 79.9. The van der Waals surface area contributed by atoms with Crippen LogP contribution in [0.2, 0.25) is 0 Å². The third-order valence-electron chi connectivity index (χ3n) is 0.687. The fourth-order valence-corrected chi connectivity index (χ4v) is 1.43. The van der Waals surface area contributed by atoms with Crippen molar-refractivity contribution in [1.82, 2.24) is 0 Å². The Balaban J connectivity index is 3.29. The first-order chi connectivity index (χ1) is 3.72. The minimum absolute atomic E-state index is 0.279. The average Bonchev–Trinajstić information content (AvgIpc) is 1.84. The second-order valence-electron chi connectivity index (χ2n) is 1.34. The molecule has 2 atom stereocenters. The predicted molar refractivity (Wildman–Crippen MR) is 46.9 cm³/mol. The van der Waals surface area contributed by atoms with E-state index in [0.717, 1.165) is 0 Å². The third-order valence-corrected chi connectivity index (χ3v) is 4.73. The number of hydrogen-bond donors (Lipinski definition) is 0. The van der Waals surface area contributed by atoms with E-state index < -0.39 is 0 Å². The van der Waals surface area contributed by atoms with Gasteiger partial charge < -0.3 is 0 Å². The topological polar surface area (TPSA) is 0 Å². The Morgan fingerprint density at radius 2 is 1.25 bits per heavy atom. The summed E-state index contributed by atoms with van der Waals surface area (Å²) in [7, 11) is 0. The summed E-state index contributed by atoms with van der Waals surface area (Å²) in [6.45, 7) is 0. The highest BCUT2D eigenvalue weighted by molar-refractivity contribution is 9.12. The summed E-state index contributed by atoms with van der Waals surface area (Å²) in [6, 6.07) is 0. The molecule has 0 spiro atoms. The zero-order chi connectivity index (χ0) is 6.57. The molecule has 0 nitrogen and oxygen atoms in total. The van der Waals surface area contributed by atoms with Crippen molar-refractivity contribution in [2.75, 3.05) is 11.8 Å². The van der Waals surface area contributed by atoms with Crippen LogP contribution in [0.15, 0.2) is 0 Å². The molecule has 0 aromatic rings. The van der Waals surface area contributed by atoms with E-state index in [-0.39, 0.29) is 9.65 Å². The summed E-state index contributed by atoms with van der Waals surface area (Å²) >= 11 is 17.7. The molecule has 0 N–H and O–H groups in total. The maximum Gasteiger partial charge on any atom is 0.0418 e. The van der Waals surface area contributed by atoms with Crippen LogP contribution >= 0.6 is 55.1 Å². The molecule has 0 amide bonds. The third kappa shape index (κ3) is 3.54. The summed E-state index contributed by atoms with van der Waals surface area (Å²) in [5, 5.41) is 0. The van der Waals surface area contributed by atoms with Crippen LogP contribution in [0.3, 0.4) is 0 Å². The average molecular weight is 285 g/mol. The molecule has 8 heavy (non-hydrogen) atoms. The molecule has 0 saturated heterocycles. The first-order valence-electron chi connectivity index (χ1n) is 2.12. The maximum atomic E-state index is 5.49. The fourth-order valence-electron chi connectivity index (χ4n) is 0.193. The number of rotatable bonds is 3. The van der Waals surface area contributed by atoms with Crippen molar-refractivity contribution in [2.24, 2.45) is 0 Å². The van der Waals surface area contributed by atoms with Gasteiger partial charge >= 0.3 is 0 Å². The van der Waals surface area contributed by atoms with Crippen LogP contribution in [0.4, 0.5) is 0 Å². The SMILES string of the molecule is ClC[C@@H](Br)[C@H](Br)CCl. The van der Waals surface area contributed by atoms with Gasteiger partial charge in [-0.2, -0.15) is 0 Å². The molecule has 50 valence electrons. The van der Waals surface area contributed by atoms with E-state index in [2.05, 4.69) is 31.9 Å². The monoisotopic (exact) mass is 282 g/mol. The van der Waals surface area contributed by atoms with E-state index in [1.165, 1.54) is 0 Å². The minimum Gasteiger partial charge on any atom is -0.125 e. The molecule has 0 aliphatic rings. The molecule has 0 saturated carbocycles. The first-order valence-corrected chi connectivity index (χ1v) is 5.02. The molecule has 0 unspecified atom stereocenters. The molecule has 0 heterocycles. The largest absolute Gasteiger partial charge is 0.125 e. The summed E-state index contributed by atoms with van der Waals surface area (Å²) in [6.07, 6.45) is 0. The van der Waals surface area contributed by atoms with Crippen molar-refractivity contribution >= 4 is 55.1 Å². The molecule has 0 aliphatic carbocycles. The van der Waals surface area contributed by atoms with Crippen LogP contribution in [0.5, 0.6) is 0 Å². The van der Waals surface area contributed by atoms with Crippen LogP contribution in [-0.2, 0) is 0 Å². The molecule has 0 aliphatic heterocycles. The number of hydrogen-bond acceptors (Lipinski definition) is 0. The quantitative estimate of drug-likeness (QED) is 0.699. The lowest BCUT2D eigenvalue weighted by Gasteiger charge is -2.08. The van der Waals surface area contributed by atoms with Crippen molar-refractivity contribution in [1.29, 1.82) is 0 Å². The Morgan fingerprint density at radius 3 is 1.38 bits per heavy atom. The van der Waals surface area contributed by atoms with Crippen LogP contribution in [0, 0.1) is 0 Å². The van der Waals surface area contributed by atoms with Crippen LogP contribution in [-0.4, -0.2) is 21.4 Å². The normalized spacial score (nSPS) is 18.0. The first kappa shape index (κ1) is 9.54. The molecule has 0 aromatic carbocycles. The Labute approximate surface area is 76.2 Å². The zero-order valence-corrected chi connectivity index (χ0v) is 8.76. The molecular weight excluding hydrogens is 279 g/mol. The van der Waals surface area contributed by atoms with Crippen LogP contribution in [0.25, 0.3) is 0 Å². The van der Waals surface area contributed by atoms with E-state index in [0.29, 0.717) is 11.8 Å². The van der Waals surface area contributed by atoms with E-state index in [1.54, 1.807) is 0 Å². The molecule has 0 rings (SSSR count). The molecular formula is C4H6Br2Cl2. The highest BCUT2D eigenvalue weighted by Crippen LogP contribution is 2.16. The predicted octanol–water partition coefficient (Wildman–Crippen LogP) is 2.99. The lowest BCUT2D eigenvalue weighted by Crippen LogP contribution is -2.16. The minimum atomic E-state index is 0.279. The fraction of sp³-hybridized carbons (Fsp3) is 1.00. The lowest BCUT2D eigenvalue weighted by atomic mass is 10.4. The Kier molecular flexibility index (Phi) is 6.36. The van der Waals surface area contributed by atoms with Gasteiger partial charge in [-0.1, -0.05) is 31.9 Å². The molecule has 0 radical (unpaired) electrons. The molecule has 4 heteroatoms. The van der Waals surface area contributed by atoms with Gasteiger partial charge in [0, 0.05) is 21.4 Å². The van der Waals surface area contributed by atoms with Crippen LogP contribution < -0.4 is 0 Å². The highest BCUT2D eigenvalue weighted by Gasteiger charge is 2.11. The smallest absolute Gasteiger partial charge is 0.0418 e. The number of halogens is 4. The van der Waals surface area contributed by atoms with E-state index in [4.69, 9.17) is 23.2 Å². The van der Waals surface area contributed by atoms with Crippen molar-refractivity contribution < 1.29 is 0 Å². The number of alkyl halides is 4. The second-order valence-corrected chi connectivity index (χ2v) is 4.31. The van der Waals surface area contributed by atoms with Gasteiger partial charge in [0.1, 0.15) is 0 Å². The summed E-state index contributed by atoms with van der Waals surface area (Å²) < 4.78 is 0. The Bertz CT molecular complexity index is 52.0. The van der Waals surface area contributed by atoms with Crippen molar-refractivity contribution in [3.05, 3.63) is 0 Å². The van der Waals surface area contributed by atoms with Crippen molar-refractivity contribution in [3.63, 3.8) is 0 Å². The Morgan fingerprint density at radius 1 is 1.00 bits per heavy atom.